The van der Waals surface area contributed by atoms with E-state index >= 15 is 0 Å². The first-order valence-corrected chi connectivity index (χ1v) is 10.3. The Balaban J connectivity index is 1.46. The van der Waals surface area contributed by atoms with Gasteiger partial charge in [-0.2, -0.15) is 0 Å². The maximum absolute atomic E-state index is 12.4. The predicted molar refractivity (Wildman–Crippen MR) is 123 cm³/mol. The molecule has 3 aromatic carbocycles. The molecule has 0 saturated heterocycles. The van der Waals surface area contributed by atoms with Crippen LogP contribution in [0.1, 0.15) is 12.5 Å². The fourth-order valence-corrected chi connectivity index (χ4v) is 3.51. The lowest BCUT2D eigenvalue weighted by molar-refractivity contribution is -0.118. The first kappa shape index (κ1) is 20.7. The van der Waals surface area contributed by atoms with Gasteiger partial charge in [0.05, 0.1) is 10.6 Å². The molecule has 0 fully saturated rings. The van der Waals surface area contributed by atoms with E-state index in [1.807, 2.05) is 36.4 Å². The largest absolute Gasteiger partial charge is 0.484 e. The van der Waals surface area contributed by atoms with Crippen LogP contribution in [0.3, 0.4) is 0 Å². The summed E-state index contributed by atoms with van der Waals surface area (Å²) in [6, 6.07) is 21.6. The standard InChI is InChI=1S/C25H20ClNO4/c1-2-16-7-10-19(11-8-16)30-15-24(28)27-18-9-12-20(22(26)14-18)21-13-17-5-3-4-6-23(17)31-25(21)29/h3-14H,2,15H2,1H3,(H,27,28). The van der Waals surface area contributed by atoms with Gasteiger partial charge >= 0.3 is 5.63 Å². The van der Waals surface area contributed by atoms with Crippen molar-refractivity contribution in [2.24, 2.45) is 0 Å². The molecule has 0 aliphatic heterocycles. The summed E-state index contributed by atoms with van der Waals surface area (Å²) in [5.41, 5.74) is 2.65. The van der Waals surface area contributed by atoms with Crippen LogP contribution in [-0.4, -0.2) is 12.5 Å². The maximum Gasteiger partial charge on any atom is 0.344 e. The Morgan fingerprint density at radius 2 is 1.77 bits per heavy atom. The quantitative estimate of drug-likeness (QED) is 0.396. The Kier molecular flexibility index (Phi) is 6.05. The van der Waals surface area contributed by atoms with E-state index in [2.05, 4.69) is 12.2 Å². The fraction of sp³-hybridized carbons (Fsp3) is 0.120. The minimum absolute atomic E-state index is 0.126. The van der Waals surface area contributed by atoms with Gasteiger partial charge in [0.25, 0.3) is 5.91 Å². The Labute approximate surface area is 184 Å². The lowest BCUT2D eigenvalue weighted by atomic mass is 10.1. The molecule has 1 N–H and O–H groups in total. The molecule has 4 aromatic rings. The third kappa shape index (κ3) is 4.78. The number of nitrogens with one attached hydrogen (secondary N) is 1. The van der Waals surface area contributed by atoms with Gasteiger partial charge in [-0.05, 0) is 48.4 Å². The summed E-state index contributed by atoms with van der Waals surface area (Å²) in [7, 11) is 0. The number of para-hydroxylation sites is 1. The highest BCUT2D eigenvalue weighted by Gasteiger charge is 2.13. The monoisotopic (exact) mass is 433 g/mol. The van der Waals surface area contributed by atoms with Crippen LogP contribution in [0.5, 0.6) is 5.75 Å². The average molecular weight is 434 g/mol. The van der Waals surface area contributed by atoms with Crippen LogP contribution < -0.4 is 15.7 Å². The summed E-state index contributed by atoms with van der Waals surface area (Å²) >= 11 is 6.41. The summed E-state index contributed by atoms with van der Waals surface area (Å²) in [5, 5.41) is 3.88. The van der Waals surface area contributed by atoms with E-state index in [-0.39, 0.29) is 12.5 Å². The van der Waals surface area contributed by atoms with Crippen LogP contribution >= 0.6 is 11.6 Å². The number of benzene rings is 3. The molecule has 1 aromatic heterocycles. The maximum atomic E-state index is 12.4. The number of hydrogen-bond acceptors (Lipinski definition) is 4. The van der Waals surface area contributed by atoms with Gasteiger partial charge in [-0.15, -0.1) is 0 Å². The number of carbonyl (C=O) groups excluding carboxylic acids is 1. The number of aryl methyl sites for hydroxylation is 1. The van der Waals surface area contributed by atoms with Crippen LogP contribution in [0, 0.1) is 0 Å². The third-order valence-electron chi connectivity index (χ3n) is 4.89. The Morgan fingerprint density at radius 1 is 1.00 bits per heavy atom. The number of carbonyl (C=O) groups is 1. The number of anilines is 1. The van der Waals surface area contributed by atoms with Crippen molar-refractivity contribution in [3.63, 3.8) is 0 Å². The molecule has 0 radical (unpaired) electrons. The van der Waals surface area contributed by atoms with E-state index in [4.69, 9.17) is 20.8 Å². The molecule has 6 heteroatoms. The number of hydrogen-bond donors (Lipinski definition) is 1. The molecule has 0 bridgehead atoms. The van der Waals surface area contributed by atoms with Crippen molar-refractivity contribution in [2.45, 2.75) is 13.3 Å². The minimum Gasteiger partial charge on any atom is -0.484 e. The summed E-state index contributed by atoms with van der Waals surface area (Å²) in [6.45, 7) is 1.95. The predicted octanol–water partition coefficient (Wildman–Crippen LogP) is 5.69. The van der Waals surface area contributed by atoms with Gasteiger partial charge in [-0.3, -0.25) is 4.79 Å². The van der Waals surface area contributed by atoms with Crippen molar-refractivity contribution in [2.75, 3.05) is 11.9 Å². The summed E-state index contributed by atoms with van der Waals surface area (Å²) in [5.74, 6) is 0.317. The molecule has 0 unspecified atom stereocenters. The minimum atomic E-state index is -0.472. The summed E-state index contributed by atoms with van der Waals surface area (Å²) < 4.78 is 10.9. The molecule has 156 valence electrons. The second-order valence-electron chi connectivity index (χ2n) is 7.01. The van der Waals surface area contributed by atoms with E-state index in [9.17, 15) is 9.59 Å². The van der Waals surface area contributed by atoms with E-state index in [0.717, 1.165) is 11.8 Å². The van der Waals surface area contributed by atoms with Crippen molar-refractivity contribution < 1.29 is 13.9 Å². The molecule has 0 spiro atoms. The van der Waals surface area contributed by atoms with Crippen molar-refractivity contribution in [1.29, 1.82) is 0 Å². The third-order valence-corrected chi connectivity index (χ3v) is 5.20. The zero-order valence-electron chi connectivity index (χ0n) is 16.9. The highest BCUT2D eigenvalue weighted by Crippen LogP contribution is 2.30. The number of fused-ring (bicyclic) bond motifs is 1. The first-order valence-electron chi connectivity index (χ1n) is 9.88. The van der Waals surface area contributed by atoms with Crippen LogP contribution in [0.2, 0.25) is 5.02 Å². The second-order valence-corrected chi connectivity index (χ2v) is 7.42. The van der Waals surface area contributed by atoms with Crippen LogP contribution in [0.15, 0.2) is 82.0 Å². The molecule has 5 nitrogen and oxygen atoms in total. The van der Waals surface area contributed by atoms with Gasteiger partial charge < -0.3 is 14.5 Å². The topological polar surface area (TPSA) is 68.5 Å². The highest BCUT2D eigenvalue weighted by molar-refractivity contribution is 6.33. The van der Waals surface area contributed by atoms with Gasteiger partial charge in [-0.1, -0.05) is 54.9 Å². The zero-order chi connectivity index (χ0) is 21.8. The van der Waals surface area contributed by atoms with Crippen molar-refractivity contribution in [3.8, 4) is 16.9 Å². The lowest BCUT2D eigenvalue weighted by Crippen LogP contribution is -2.20. The molecular formula is C25H20ClNO4. The van der Waals surface area contributed by atoms with E-state index < -0.39 is 5.63 Å². The molecule has 4 rings (SSSR count). The summed E-state index contributed by atoms with van der Waals surface area (Å²) in [4.78, 5) is 24.6. The van der Waals surface area contributed by atoms with E-state index in [1.54, 1.807) is 36.4 Å². The molecule has 1 heterocycles. The second kappa shape index (κ2) is 9.06. The van der Waals surface area contributed by atoms with Gasteiger partial charge in [0.15, 0.2) is 6.61 Å². The SMILES string of the molecule is CCc1ccc(OCC(=O)Nc2ccc(-c3cc4ccccc4oc3=O)c(Cl)c2)cc1. The normalized spacial score (nSPS) is 10.8. The van der Waals surface area contributed by atoms with Crippen LogP contribution in [0.4, 0.5) is 5.69 Å². The molecule has 31 heavy (non-hydrogen) atoms. The Morgan fingerprint density at radius 3 is 2.52 bits per heavy atom. The van der Waals surface area contributed by atoms with Gasteiger partial charge in [-0.25, -0.2) is 4.79 Å². The van der Waals surface area contributed by atoms with Crippen LogP contribution in [-0.2, 0) is 11.2 Å². The number of rotatable bonds is 6. The molecule has 1 amide bonds. The number of halogens is 1. The highest BCUT2D eigenvalue weighted by atomic mass is 35.5. The Hall–Kier alpha value is -3.57. The molecule has 0 saturated carbocycles. The van der Waals surface area contributed by atoms with Crippen LogP contribution in [0.25, 0.3) is 22.1 Å². The average Bonchev–Trinajstić information content (AvgIpc) is 2.78. The molecule has 0 aliphatic carbocycles. The van der Waals surface area contributed by atoms with Gasteiger partial charge in [0.2, 0.25) is 0 Å². The Bertz CT molecular complexity index is 1300. The van der Waals surface area contributed by atoms with E-state index in [1.165, 1.54) is 5.56 Å². The molecular weight excluding hydrogens is 414 g/mol. The van der Waals surface area contributed by atoms with Gasteiger partial charge in [0.1, 0.15) is 11.3 Å². The summed E-state index contributed by atoms with van der Waals surface area (Å²) in [6.07, 6.45) is 0.943. The number of amides is 1. The first-order chi connectivity index (χ1) is 15.0. The van der Waals surface area contributed by atoms with Crippen molar-refractivity contribution in [1.82, 2.24) is 0 Å². The number of ether oxygens (including phenoxy) is 1. The molecule has 0 atom stereocenters. The molecule has 0 aliphatic rings. The van der Waals surface area contributed by atoms with Gasteiger partial charge in [0, 0.05) is 16.6 Å². The zero-order valence-corrected chi connectivity index (χ0v) is 17.6. The van der Waals surface area contributed by atoms with Crippen molar-refractivity contribution >= 4 is 34.2 Å². The van der Waals surface area contributed by atoms with Crippen molar-refractivity contribution in [3.05, 3.63) is 93.8 Å². The smallest absolute Gasteiger partial charge is 0.344 e. The lowest BCUT2D eigenvalue weighted by Gasteiger charge is -2.10. The van der Waals surface area contributed by atoms with E-state index in [0.29, 0.717) is 33.2 Å². The fourth-order valence-electron chi connectivity index (χ4n) is 3.23.